The van der Waals surface area contributed by atoms with Crippen LogP contribution < -0.4 is 3.32 Å². The monoisotopic (exact) mass is 630 g/mol. The molecule has 0 saturated heterocycles. The Kier molecular flexibility index (Phi) is 4.77. The second-order valence-corrected chi connectivity index (χ2v) is 13.3. The molecule has 0 atom stereocenters. The molecule has 0 aliphatic carbocycles. The summed E-state index contributed by atoms with van der Waals surface area (Å²) in [6.07, 6.45) is 0. The van der Waals surface area contributed by atoms with Crippen LogP contribution in [0.1, 0.15) is 0 Å². The molecule has 7 aromatic rings. The molecule has 9 heteroatoms. The van der Waals surface area contributed by atoms with Gasteiger partial charge in [-0.3, -0.25) is 0 Å². The molecule has 2 N–H and O–H groups in total. The second kappa shape index (κ2) is 8.55. The number of benzene rings is 4. The average molecular weight is 630 g/mol. The summed E-state index contributed by atoms with van der Waals surface area (Å²) in [5.41, 5.74) is 6.64. The zero-order chi connectivity index (χ0) is 27.1. The predicted octanol–water partition coefficient (Wildman–Crippen LogP) is 5.13. The van der Waals surface area contributed by atoms with Gasteiger partial charge < -0.3 is 0 Å². The van der Waals surface area contributed by atoms with Gasteiger partial charge >= 0.3 is 242 Å². The Balaban J connectivity index is 1.52. The van der Waals surface area contributed by atoms with Crippen LogP contribution in [0.2, 0.25) is 0 Å². The Morgan fingerprint density at radius 3 is 1.29 bits per heavy atom. The quantitative estimate of drug-likeness (QED) is 0.241. The van der Waals surface area contributed by atoms with Crippen molar-refractivity contribution in [1.29, 1.82) is 0 Å². The van der Waals surface area contributed by atoms with Gasteiger partial charge in [0.1, 0.15) is 0 Å². The van der Waals surface area contributed by atoms with E-state index in [0.717, 1.165) is 55.1 Å². The summed E-state index contributed by atoms with van der Waals surface area (Å²) in [5.74, 6) is 2.46. The zero-order valence-electron chi connectivity index (χ0n) is 21.8. The fraction of sp³-hybridized carbons (Fsp3) is 0. The molecular weight excluding hydrogens is 611 g/mol. The van der Waals surface area contributed by atoms with E-state index < -0.39 is 0 Å². The van der Waals surface area contributed by atoms with Crippen molar-refractivity contribution in [3.05, 3.63) is 91.0 Å². The molecule has 0 saturated carbocycles. The van der Waals surface area contributed by atoms with E-state index in [0.29, 0.717) is 34.6 Å². The third-order valence-electron chi connectivity index (χ3n) is 7.79. The maximum atomic E-state index is 5.11. The third kappa shape index (κ3) is 3.42. The van der Waals surface area contributed by atoms with Gasteiger partial charge in [0.25, 0.3) is 0 Å². The van der Waals surface area contributed by atoms with E-state index in [9.17, 15) is 0 Å². The molecule has 2 aliphatic heterocycles. The number of aromatic amines is 2. The van der Waals surface area contributed by atoms with Crippen LogP contribution in [0.25, 0.3) is 89.7 Å². The fourth-order valence-electron chi connectivity index (χ4n) is 5.86. The van der Waals surface area contributed by atoms with Crippen LogP contribution >= 0.6 is 0 Å². The Labute approximate surface area is 247 Å². The summed E-state index contributed by atoms with van der Waals surface area (Å²) >= 11 is 0.233. The van der Waals surface area contributed by atoms with E-state index in [2.05, 4.69) is 28.2 Å². The number of H-pyrrole nitrogens is 2. The fourth-order valence-corrected chi connectivity index (χ4v) is 7.86. The number of nitrogens with zero attached hydrogens (tertiary/aromatic N) is 6. The number of aromatic nitrogens is 8. The van der Waals surface area contributed by atoms with E-state index in [1.807, 2.05) is 72.8 Å². The summed E-state index contributed by atoms with van der Waals surface area (Å²) in [6, 6.07) is 30.7. The van der Waals surface area contributed by atoms with Crippen LogP contribution in [-0.2, 0) is 0 Å². The molecule has 8 nitrogen and oxygen atoms in total. The van der Waals surface area contributed by atoms with E-state index in [1.54, 1.807) is 0 Å². The zero-order valence-corrected chi connectivity index (χ0v) is 27.6. The second-order valence-electron chi connectivity index (χ2n) is 10.2. The van der Waals surface area contributed by atoms with Crippen molar-refractivity contribution in [3.8, 4) is 45.6 Å². The Bertz CT molecular complexity index is 2400. The van der Waals surface area contributed by atoms with Gasteiger partial charge in [-0.05, 0) is 0 Å². The molecule has 8 bridgehead atoms. The molecule has 41 heavy (non-hydrogen) atoms. The van der Waals surface area contributed by atoms with Crippen molar-refractivity contribution in [3.63, 3.8) is 0 Å². The molecule has 0 unspecified atom stereocenters. The van der Waals surface area contributed by atoms with Crippen LogP contribution in [-0.4, -0.2) is 64.2 Å². The minimum absolute atomic E-state index is 0.233. The van der Waals surface area contributed by atoms with Gasteiger partial charge in [0.15, 0.2) is 0 Å². The van der Waals surface area contributed by atoms with Crippen molar-refractivity contribution in [1.82, 2.24) is 39.9 Å². The summed E-state index contributed by atoms with van der Waals surface area (Å²) in [7, 11) is 0. The van der Waals surface area contributed by atoms with Crippen molar-refractivity contribution in [2.45, 2.75) is 0 Å². The Hall–Kier alpha value is -4.89. The van der Waals surface area contributed by atoms with Crippen LogP contribution in [0.4, 0.5) is 0 Å². The first-order chi connectivity index (χ1) is 20.2. The van der Waals surface area contributed by atoms with E-state index in [4.69, 9.17) is 29.9 Å². The SMILES string of the molecule is [InH2][c]1cccc2c3nc4nc(nc5[nH]c(nc6nc(nc([nH]3)c12)-c1ccccc1-6)c1ccccc51)-c1ccccc1-4. The molecule has 3 aromatic heterocycles. The van der Waals surface area contributed by atoms with Crippen molar-refractivity contribution in [2.24, 2.45) is 0 Å². The molecule has 2 aliphatic rings. The minimum atomic E-state index is 0.233. The standard InChI is InChI=1S/C32H17N8.In.2H/c1-2-10-18-17(9-1)25-33-26(18)38-28-21-13-5-6-14-22(21)30(35-28)40-32-24-16-8-7-15-23(24)31(36-32)39-29-20-12-4-3-11-19(20)27(34-29)37-25;;;/h1-15H,(H2,33,34,35,36,37,38,39,40);;;. The number of nitrogens with one attached hydrogen (secondary N) is 2. The normalized spacial score (nSPS) is 12.0. The van der Waals surface area contributed by atoms with Crippen molar-refractivity contribution < 1.29 is 0 Å². The van der Waals surface area contributed by atoms with Crippen molar-refractivity contribution in [2.75, 3.05) is 0 Å². The van der Waals surface area contributed by atoms with Gasteiger partial charge in [-0.2, -0.15) is 0 Å². The number of hydrogen-bond acceptors (Lipinski definition) is 6. The molecule has 9 rings (SSSR count). The Morgan fingerprint density at radius 2 is 0.780 bits per heavy atom. The molecule has 4 aromatic carbocycles. The topological polar surface area (TPSA) is 109 Å². The van der Waals surface area contributed by atoms with Gasteiger partial charge in [-0.1, -0.05) is 6.07 Å². The average Bonchev–Trinajstić information content (AvgIpc) is 3.73. The van der Waals surface area contributed by atoms with Gasteiger partial charge in [-0.15, -0.1) is 0 Å². The van der Waals surface area contributed by atoms with Crippen LogP contribution in [0, 0.1) is 0 Å². The molecule has 0 radical (unpaired) electrons. The number of hydrogen-bond donors (Lipinski definition) is 2. The molecule has 190 valence electrons. The molecule has 0 amide bonds. The van der Waals surface area contributed by atoms with Crippen LogP contribution in [0.5, 0.6) is 0 Å². The van der Waals surface area contributed by atoms with Crippen molar-refractivity contribution >= 4 is 71.8 Å². The number of fused-ring (bicyclic) bond motifs is 20. The molecule has 0 spiro atoms. The summed E-state index contributed by atoms with van der Waals surface area (Å²) in [5, 5.41) is 4.04. The van der Waals surface area contributed by atoms with Crippen LogP contribution in [0.3, 0.4) is 0 Å². The van der Waals surface area contributed by atoms with E-state index in [1.165, 1.54) is 3.32 Å². The van der Waals surface area contributed by atoms with E-state index >= 15 is 0 Å². The van der Waals surface area contributed by atoms with Gasteiger partial charge in [0.2, 0.25) is 0 Å². The van der Waals surface area contributed by atoms with Gasteiger partial charge in [-0.25, -0.2) is 0 Å². The molecular formula is C32H19InN8. The van der Waals surface area contributed by atoms with E-state index in [-0.39, 0.29) is 24.4 Å². The summed E-state index contributed by atoms with van der Waals surface area (Å²) in [4.78, 5) is 37.1. The van der Waals surface area contributed by atoms with Gasteiger partial charge in [0, 0.05) is 0 Å². The summed E-state index contributed by atoms with van der Waals surface area (Å²) in [6.45, 7) is 0. The first-order valence-electron chi connectivity index (χ1n) is 13.4. The number of rotatable bonds is 0. The molecule has 0 fully saturated rings. The van der Waals surface area contributed by atoms with Crippen LogP contribution in [0.15, 0.2) is 91.0 Å². The molecule has 5 heterocycles. The Morgan fingerprint density at radius 1 is 0.390 bits per heavy atom. The first kappa shape index (κ1) is 22.9. The third-order valence-corrected chi connectivity index (χ3v) is 10.2. The first-order valence-corrected chi connectivity index (χ1v) is 16.3. The summed E-state index contributed by atoms with van der Waals surface area (Å²) < 4.78 is 1.31. The predicted molar refractivity (Wildman–Crippen MR) is 164 cm³/mol. The van der Waals surface area contributed by atoms with Gasteiger partial charge in [0.05, 0.1) is 0 Å². The maximum absolute atomic E-state index is 5.11.